The maximum atomic E-state index is 12.9. The van der Waals surface area contributed by atoms with Gasteiger partial charge in [0.05, 0.1) is 23.6 Å². The van der Waals surface area contributed by atoms with E-state index in [1.54, 1.807) is 18.2 Å². The number of hydrogen-bond donors (Lipinski definition) is 0. The average Bonchev–Trinajstić information content (AvgIpc) is 3.07. The van der Waals surface area contributed by atoms with Gasteiger partial charge in [0.15, 0.2) is 11.5 Å². The molecule has 0 radical (unpaired) electrons. The Bertz CT molecular complexity index is 1280. The van der Waals surface area contributed by atoms with E-state index in [9.17, 15) is 9.59 Å². The second-order valence-corrected chi connectivity index (χ2v) is 9.92. The molecule has 2 amide bonds. The van der Waals surface area contributed by atoms with E-state index >= 15 is 0 Å². The summed E-state index contributed by atoms with van der Waals surface area (Å²) in [6.07, 6.45) is 1.64. The number of halogens is 2. The Kier molecular flexibility index (Phi) is 7.66. The molecule has 5 nitrogen and oxygen atoms in total. The van der Waals surface area contributed by atoms with Crippen molar-refractivity contribution < 1.29 is 19.1 Å². The first-order valence-electron chi connectivity index (χ1n) is 10.4. The lowest BCUT2D eigenvalue weighted by atomic mass is 10.1. The minimum absolute atomic E-state index is 0.194. The highest BCUT2D eigenvalue weighted by Gasteiger charge is 2.35. The number of benzene rings is 3. The normalized spacial score (nSPS) is 14.7. The minimum atomic E-state index is -0.347. The quantitative estimate of drug-likeness (QED) is 0.286. The van der Waals surface area contributed by atoms with E-state index in [1.165, 1.54) is 17.6 Å². The van der Waals surface area contributed by atoms with Gasteiger partial charge < -0.3 is 9.47 Å². The standard InChI is InChI=1S/C26H21BrClNO4S/c1-16-7-9-17(10-8-16)15-33-24-21(28)11-18(12-22(24)32-2)13-23-25(30)29(26(31)34-23)14-19-5-3-4-6-20(19)27/h3-13H,14-15H2,1-2H3/b23-13-. The molecule has 1 saturated heterocycles. The molecule has 174 valence electrons. The van der Waals surface area contributed by atoms with Crippen LogP contribution >= 0.6 is 39.3 Å². The van der Waals surface area contributed by atoms with Crippen molar-refractivity contribution in [2.45, 2.75) is 20.1 Å². The van der Waals surface area contributed by atoms with E-state index in [2.05, 4.69) is 15.9 Å². The van der Waals surface area contributed by atoms with Crippen LogP contribution in [-0.2, 0) is 17.9 Å². The maximum absolute atomic E-state index is 12.9. The number of rotatable bonds is 7. The molecule has 8 heteroatoms. The molecule has 0 aliphatic carbocycles. The molecule has 3 aromatic rings. The smallest absolute Gasteiger partial charge is 0.293 e. The molecular formula is C26H21BrClNO4S. The number of thioether (sulfide) groups is 1. The highest BCUT2D eigenvalue weighted by molar-refractivity contribution is 9.10. The van der Waals surface area contributed by atoms with E-state index in [0.717, 1.165) is 27.4 Å². The maximum Gasteiger partial charge on any atom is 0.293 e. The lowest BCUT2D eigenvalue weighted by molar-refractivity contribution is -0.123. The van der Waals surface area contributed by atoms with Crippen LogP contribution in [0.15, 0.2) is 70.0 Å². The van der Waals surface area contributed by atoms with Crippen LogP contribution in [0.1, 0.15) is 22.3 Å². The summed E-state index contributed by atoms with van der Waals surface area (Å²) in [6, 6.07) is 18.9. The van der Waals surface area contributed by atoms with Gasteiger partial charge in [-0.05, 0) is 59.7 Å². The second-order valence-electron chi connectivity index (χ2n) is 7.67. The molecule has 0 spiro atoms. The number of amides is 2. The summed E-state index contributed by atoms with van der Waals surface area (Å²) >= 11 is 10.9. The van der Waals surface area contributed by atoms with Crippen LogP contribution in [0.25, 0.3) is 6.08 Å². The number of carbonyl (C=O) groups excluding carboxylic acids is 2. The molecule has 1 aliphatic rings. The van der Waals surface area contributed by atoms with Crippen molar-refractivity contribution in [3.63, 3.8) is 0 Å². The molecule has 4 rings (SSSR count). The summed E-state index contributed by atoms with van der Waals surface area (Å²) in [5.41, 5.74) is 3.66. The van der Waals surface area contributed by atoms with Crippen LogP contribution in [0, 0.1) is 6.92 Å². The van der Waals surface area contributed by atoms with Crippen molar-refractivity contribution >= 4 is 56.5 Å². The molecule has 0 unspecified atom stereocenters. The van der Waals surface area contributed by atoms with Crippen LogP contribution in [-0.4, -0.2) is 23.2 Å². The summed E-state index contributed by atoms with van der Waals surface area (Å²) in [5, 5.41) is 0.0354. The van der Waals surface area contributed by atoms with Crippen LogP contribution in [0.2, 0.25) is 5.02 Å². The topological polar surface area (TPSA) is 55.8 Å². The summed E-state index contributed by atoms with van der Waals surface area (Å²) in [7, 11) is 1.53. The van der Waals surface area contributed by atoms with Gasteiger partial charge in [0.25, 0.3) is 11.1 Å². The first-order chi connectivity index (χ1) is 16.4. The van der Waals surface area contributed by atoms with Gasteiger partial charge in [-0.2, -0.15) is 0 Å². The molecule has 0 bridgehead atoms. The van der Waals surface area contributed by atoms with Gasteiger partial charge in [-0.1, -0.05) is 75.6 Å². The average molecular weight is 559 g/mol. The van der Waals surface area contributed by atoms with E-state index in [1.807, 2.05) is 55.5 Å². The Morgan fingerprint density at radius 2 is 1.82 bits per heavy atom. The van der Waals surface area contributed by atoms with Crippen molar-refractivity contribution in [3.05, 3.63) is 97.3 Å². The van der Waals surface area contributed by atoms with Crippen LogP contribution in [0.3, 0.4) is 0 Å². The summed E-state index contributed by atoms with van der Waals surface area (Å²) in [4.78, 5) is 27.0. The summed E-state index contributed by atoms with van der Waals surface area (Å²) in [6.45, 7) is 2.56. The minimum Gasteiger partial charge on any atom is -0.493 e. The van der Waals surface area contributed by atoms with Gasteiger partial charge in [0.2, 0.25) is 0 Å². The van der Waals surface area contributed by atoms with E-state index < -0.39 is 0 Å². The summed E-state index contributed by atoms with van der Waals surface area (Å²) < 4.78 is 12.3. The Balaban J connectivity index is 1.53. The lowest BCUT2D eigenvalue weighted by Gasteiger charge is -2.14. The number of ether oxygens (including phenoxy) is 2. The third kappa shape index (κ3) is 5.49. The molecule has 0 N–H and O–H groups in total. The molecule has 1 fully saturated rings. The molecule has 34 heavy (non-hydrogen) atoms. The van der Waals surface area contributed by atoms with Gasteiger partial charge in [-0.15, -0.1) is 0 Å². The van der Waals surface area contributed by atoms with Gasteiger partial charge in [-0.25, -0.2) is 0 Å². The molecule has 3 aromatic carbocycles. The lowest BCUT2D eigenvalue weighted by Crippen LogP contribution is -2.27. The largest absolute Gasteiger partial charge is 0.493 e. The molecule has 0 saturated carbocycles. The van der Waals surface area contributed by atoms with E-state index in [-0.39, 0.29) is 17.7 Å². The number of aryl methyl sites for hydroxylation is 1. The fraction of sp³-hybridized carbons (Fsp3) is 0.154. The van der Waals surface area contributed by atoms with Crippen molar-refractivity contribution in [3.8, 4) is 11.5 Å². The third-order valence-corrected chi connectivity index (χ3v) is 7.17. The first kappa shape index (κ1) is 24.4. The number of hydrogen-bond acceptors (Lipinski definition) is 5. The Morgan fingerprint density at radius 3 is 2.53 bits per heavy atom. The van der Waals surface area contributed by atoms with E-state index in [4.69, 9.17) is 21.1 Å². The molecular weight excluding hydrogens is 538 g/mol. The zero-order valence-corrected chi connectivity index (χ0v) is 21.7. The van der Waals surface area contributed by atoms with Gasteiger partial charge in [0, 0.05) is 4.47 Å². The van der Waals surface area contributed by atoms with Crippen molar-refractivity contribution in [1.82, 2.24) is 4.90 Å². The first-order valence-corrected chi connectivity index (χ1v) is 12.4. The fourth-order valence-corrected chi connectivity index (χ4v) is 4.91. The van der Waals surface area contributed by atoms with Gasteiger partial charge in [0.1, 0.15) is 6.61 Å². The molecule has 0 atom stereocenters. The predicted octanol–water partition coefficient (Wildman–Crippen LogP) is 7.24. The van der Waals surface area contributed by atoms with Gasteiger partial charge in [-0.3, -0.25) is 14.5 Å². The monoisotopic (exact) mass is 557 g/mol. The summed E-state index contributed by atoms with van der Waals surface area (Å²) in [5.74, 6) is 0.516. The van der Waals surface area contributed by atoms with Crippen LogP contribution < -0.4 is 9.47 Å². The van der Waals surface area contributed by atoms with Crippen molar-refractivity contribution in [2.75, 3.05) is 7.11 Å². The Hall–Kier alpha value is -2.74. The zero-order chi connectivity index (χ0) is 24.2. The number of methoxy groups -OCH3 is 1. The molecule has 0 aromatic heterocycles. The van der Waals surface area contributed by atoms with Crippen molar-refractivity contribution in [1.29, 1.82) is 0 Å². The Morgan fingerprint density at radius 1 is 1.09 bits per heavy atom. The zero-order valence-electron chi connectivity index (χ0n) is 18.5. The van der Waals surface area contributed by atoms with Crippen LogP contribution in [0.4, 0.5) is 4.79 Å². The third-order valence-electron chi connectivity index (χ3n) is 5.21. The Labute approximate surface area is 215 Å². The number of nitrogens with zero attached hydrogens (tertiary/aromatic N) is 1. The van der Waals surface area contributed by atoms with E-state index in [0.29, 0.717) is 33.6 Å². The van der Waals surface area contributed by atoms with Gasteiger partial charge >= 0.3 is 0 Å². The fourth-order valence-electron chi connectivity index (χ4n) is 3.39. The second kappa shape index (κ2) is 10.7. The molecule has 1 heterocycles. The number of carbonyl (C=O) groups is 2. The highest BCUT2D eigenvalue weighted by atomic mass is 79.9. The molecule has 1 aliphatic heterocycles. The number of imide groups is 1. The SMILES string of the molecule is COc1cc(/C=C2\SC(=O)N(Cc3ccccc3Br)C2=O)cc(Cl)c1OCc1ccc(C)cc1. The highest BCUT2D eigenvalue weighted by Crippen LogP contribution is 2.39. The van der Waals surface area contributed by atoms with Crippen LogP contribution in [0.5, 0.6) is 11.5 Å². The van der Waals surface area contributed by atoms with Crippen molar-refractivity contribution in [2.24, 2.45) is 0 Å². The predicted molar refractivity (Wildman–Crippen MR) is 139 cm³/mol.